The van der Waals surface area contributed by atoms with Crippen LogP contribution in [0.2, 0.25) is 0 Å². The lowest BCUT2D eigenvalue weighted by atomic mass is 10.2. The Morgan fingerprint density at radius 2 is 1.73 bits per heavy atom. The van der Waals surface area contributed by atoms with E-state index < -0.39 is 10.0 Å². The van der Waals surface area contributed by atoms with Crippen molar-refractivity contribution in [2.75, 3.05) is 20.1 Å². The number of sulfonamides is 1. The molecule has 0 bridgehead atoms. The molecule has 8 nitrogen and oxygen atoms in total. The van der Waals surface area contributed by atoms with Gasteiger partial charge in [0.1, 0.15) is 5.76 Å². The molecule has 1 aliphatic heterocycles. The molecule has 1 saturated heterocycles. The van der Waals surface area contributed by atoms with Crippen molar-refractivity contribution in [2.45, 2.75) is 51.1 Å². The normalized spacial score (nSPS) is 15.5. The molecule has 1 fully saturated rings. The predicted octanol–water partition coefficient (Wildman–Crippen LogP) is 2.95. The first-order valence-corrected chi connectivity index (χ1v) is 11.3. The summed E-state index contributed by atoms with van der Waals surface area (Å²) in [6.45, 7) is 5.96. The molecule has 0 amide bonds. The molecular weight excluding hydrogens is 517 g/mol. The van der Waals surface area contributed by atoms with E-state index in [2.05, 4.69) is 20.6 Å². The first-order valence-electron chi connectivity index (χ1n) is 9.86. The Hall–Kier alpha value is -1.66. The fraction of sp³-hybridized carbons (Fsp3) is 0.500. The van der Waals surface area contributed by atoms with E-state index in [9.17, 15) is 8.42 Å². The number of nitrogens with zero attached hydrogens (tertiary/aromatic N) is 3. The lowest BCUT2D eigenvalue weighted by Crippen LogP contribution is -2.36. The zero-order valence-electron chi connectivity index (χ0n) is 17.6. The zero-order valence-corrected chi connectivity index (χ0v) is 20.8. The molecular formula is C20H30IN5O3S. The Bertz CT molecular complexity index is 932. The molecule has 2 heterocycles. The first kappa shape index (κ1) is 24.6. The summed E-state index contributed by atoms with van der Waals surface area (Å²) in [4.78, 5) is 8.87. The third-order valence-electron chi connectivity index (χ3n) is 5.04. The molecule has 0 atom stereocenters. The van der Waals surface area contributed by atoms with Crippen LogP contribution in [-0.2, 0) is 23.1 Å². The maximum absolute atomic E-state index is 12.7. The van der Waals surface area contributed by atoms with Gasteiger partial charge in [0.05, 0.1) is 17.1 Å². The summed E-state index contributed by atoms with van der Waals surface area (Å²) in [5.41, 5.74) is 1.85. The van der Waals surface area contributed by atoms with Crippen LogP contribution in [0.1, 0.15) is 42.2 Å². The molecule has 0 unspecified atom stereocenters. The predicted molar refractivity (Wildman–Crippen MR) is 127 cm³/mol. The monoisotopic (exact) mass is 547 g/mol. The summed E-state index contributed by atoms with van der Waals surface area (Å²) < 4.78 is 32.6. The zero-order chi connectivity index (χ0) is 20.9. The molecule has 30 heavy (non-hydrogen) atoms. The maximum Gasteiger partial charge on any atom is 0.243 e. The number of aromatic nitrogens is 1. The molecule has 1 aliphatic rings. The largest absolute Gasteiger partial charge is 0.444 e. The van der Waals surface area contributed by atoms with Crippen molar-refractivity contribution in [1.82, 2.24) is 19.9 Å². The molecule has 10 heteroatoms. The summed E-state index contributed by atoms with van der Waals surface area (Å²) in [7, 11) is -1.71. The van der Waals surface area contributed by atoms with Crippen molar-refractivity contribution < 1.29 is 12.8 Å². The van der Waals surface area contributed by atoms with Gasteiger partial charge < -0.3 is 15.1 Å². The second-order valence-electron chi connectivity index (χ2n) is 7.14. The van der Waals surface area contributed by atoms with Crippen LogP contribution in [0.4, 0.5) is 0 Å². The number of aryl methyl sites for hydroxylation is 2. The standard InChI is InChI=1S/C20H29N5O3S.HI/c1-15-16(2)28-19(24-15)14-23-20(21-3)22-13-17-7-9-18(10-8-17)29(26,27)25-11-5-4-6-12-25;/h7-10H,4-6,11-14H2,1-3H3,(H2,21,22,23);1H. The van der Waals surface area contributed by atoms with E-state index in [4.69, 9.17) is 4.42 Å². The number of hydrogen-bond acceptors (Lipinski definition) is 5. The van der Waals surface area contributed by atoms with Gasteiger partial charge in [-0.1, -0.05) is 18.6 Å². The van der Waals surface area contributed by atoms with Crippen LogP contribution in [0.15, 0.2) is 38.6 Å². The number of benzene rings is 1. The van der Waals surface area contributed by atoms with E-state index in [1.807, 2.05) is 26.0 Å². The highest BCUT2D eigenvalue weighted by Crippen LogP contribution is 2.20. The van der Waals surface area contributed by atoms with Crippen LogP contribution in [0, 0.1) is 13.8 Å². The van der Waals surface area contributed by atoms with Crippen LogP contribution >= 0.6 is 24.0 Å². The minimum Gasteiger partial charge on any atom is -0.444 e. The van der Waals surface area contributed by atoms with Gasteiger partial charge in [-0.2, -0.15) is 4.31 Å². The SMILES string of the molecule is CN=C(NCc1ccc(S(=O)(=O)N2CCCCC2)cc1)NCc1nc(C)c(C)o1.I. The van der Waals surface area contributed by atoms with E-state index in [0.717, 1.165) is 36.3 Å². The Morgan fingerprint density at radius 3 is 2.30 bits per heavy atom. The summed E-state index contributed by atoms with van der Waals surface area (Å²) in [6, 6.07) is 7.01. The van der Waals surface area contributed by atoms with Gasteiger partial charge in [0, 0.05) is 26.7 Å². The quantitative estimate of drug-likeness (QED) is 0.328. The van der Waals surface area contributed by atoms with E-state index in [-0.39, 0.29) is 24.0 Å². The summed E-state index contributed by atoms with van der Waals surface area (Å²) in [5.74, 6) is 2.03. The van der Waals surface area contributed by atoms with Crippen molar-refractivity contribution >= 4 is 40.0 Å². The van der Waals surface area contributed by atoms with Crippen molar-refractivity contribution in [3.05, 3.63) is 47.2 Å². The van der Waals surface area contributed by atoms with Gasteiger partial charge in [-0.25, -0.2) is 13.4 Å². The number of oxazole rings is 1. The number of guanidine groups is 1. The van der Waals surface area contributed by atoms with Crippen molar-refractivity contribution in [1.29, 1.82) is 0 Å². The number of nitrogens with one attached hydrogen (secondary N) is 2. The molecule has 2 N–H and O–H groups in total. The van der Waals surface area contributed by atoms with Crippen LogP contribution in [0.25, 0.3) is 0 Å². The van der Waals surface area contributed by atoms with Gasteiger partial charge in [-0.15, -0.1) is 24.0 Å². The second-order valence-corrected chi connectivity index (χ2v) is 9.08. The molecule has 166 valence electrons. The van der Waals surface area contributed by atoms with E-state index in [1.54, 1.807) is 23.5 Å². The minimum atomic E-state index is -3.40. The summed E-state index contributed by atoms with van der Waals surface area (Å²) >= 11 is 0. The number of hydrogen-bond donors (Lipinski definition) is 2. The van der Waals surface area contributed by atoms with E-state index >= 15 is 0 Å². The molecule has 1 aromatic heterocycles. The van der Waals surface area contributed by atoms with Crippen LogP contribution in [-0.4, -0.2) is 43.8 Å². The fourth-order valence-corrected chi connectivity index (χ4v) is 4.73. The lowest BCUT2D eigenvalue weighted by Gasteiger charge is -2.25. The molecule has 1 aromatic carbocycles. The summed E-state index contributed by atoms with van der Waals surface area (Å²) in [5, 5.41) is 6.36. The lowest BCUT2D eigenvalue weighted by molar-refractivity contribution is 0.346. The highest BCUT2D eigenvalue weighted by atomic mass is 127. The summed E-state index contributed by atoms with van der Waals surface area (Å²) in [6.07, 6.45) is 2.96. The van der Waals surface area contributed by atoms with Crippen molar-refractivity contribution in [3.63, 3.8) is 0 Å². The minimum absolute atomic E-state index is 0. The first-order chi connectivity index (χ1) is 13.9. The molecule has 2 aromatic rings. The van der Waals surface area contributed by atoms with E-state index in [1.165, 1.54) is 0 Å². The highest BCUT2D eigenvalue weighted by Gasteiger charge is 2.25. The van der Waals surface area contributed by atoms with Crippen molar-refractivity contribution in [2.24, 2.45) is 4.99 Å². The average molecular weight is 547 g/mol. The average Bonchev–Trinajstić information content (AvgIpc) is 3.06. The van der Waals surface area contributed by atoms with Crippen LogP contribution < -0.4 is 10.6 Å². The Morgan fingerprint density at radius 1 is 1.10 bits per heavy atom. The van der Waals surface area contributed by atoms with Gasteiger partial charge in [0.25, 0.3) is 0 Å². The third-order valence-corrected chi connectivity index (χ3v) is 6.95. The second kappa shape index (κ2) is 11.1. The molecule has 0 radical (unpaired) electrons. The number of rotatable bonds is 6. The van der Waals surface area contributed by atoms with Gasteiger partial charge >= 0.3 is 0 Å². The molecule has 0 aliphatic carbocycles. The number of halogens is 1. The van der Waals surface area contributed by atoms with Gasteiger partial charge in [0.2, 0.25) is 15.9 Å². The Balaban J connectivity index is 0.00000320. The van der Waals surface area contributed by atoms with Gasteiger partial charge in [-0.3, -0.25) is 4.99 Å². The number of aliphatic imine (C=N–C) groups is 1. The fourth-order valence-electron chi connectivity index (χ4n) is 3.21. The number of piperidine rings is 1. The Kier molecular flexibility index (Phi) is 9.10. The maximum atomic E-state index is 12.7. The van der Waals surface area contributed by atoms with Gasteiger partial charge in [-0.05, 0) is 44.4 Å². The van der Waals surface area contributed by atoms with Gasteiger partial charge in [0.15, 0.2) is 5.96 Å². The van der Waals surface area contributed by atoms with Crippen LogP contribution in [0.3, 0.4) is 0 Å². The highest BCUT2D eigenvalue weighted by molar-refractivity contribution is 14.0. The molecule has 0 saturated carbocycles. The smallest absolute Gasteiger partial charge is 0.243 e. The molecule has 3 rings (SSSR count). The molecule has 0 spiro atoms. The van der Waals surface area contributed by atoms with Crippen molar-refractivity contribution in [3.8, 4) is 0 Å². The third kappa shape index (κ3) is 6.17. The topological polar surface area (TPSA) is 99.8 Å². The van der Waals surface area contributed by atoms with E-state index in [0.29, 0.717) is 42.9 Å². The Labute approximate surface area is 195 Å². The van der Waals surface area contributed by atoms with Crippen LogP contribution in [0.5, 0.6) is 0 Å².